The van der Waals surface area contributed by atoms with Gasteiger partial charge in [-0.1, -0.05) is 11.6 Å². The van der Waals surface area contributed by atoms with E-state index in [0.717, 1.165) is 17.1 Å². The van der Waals surface area contributed by atoms with Crippen molar-refractivity contribution >= 4 is 17.3 Å². The van der Waals surface area contributed by atoms with E-state index >= 15 is 0 Å². The Bertz CT molecular complexity index is 565. The van der Waals surface area contributed by atoms with Crippen molar-refractivity contribution in [2.75, 3.05) is 5.32 Å². The molecule has 0 spiro atoms. The molecule has 2 aromatic rings. The number of hydrogen-bond acceptors (Lipinski definition) is 2. The molecule has 0 aliphatic rings. The van der Waals surface area contributed by atoms with E-state index in [4.69, 9.17) is 16.0 Å². The van der Waals surface area contributed by atoms with Crippen LogP contribution < -0.4 is 5.32 Å². The minimum absolute atomic E-state index is 0.0295. The standard InChI is InChI=1S/C14H15ClFNO/c1-8-6-12(10(3)18-8)9(2)17-14-5-4-11(15)7-13(14)16/h4-7,9,17H,1-3H3. The minimum atomic E-state index is -0.354. The fraction of sp³-hybridized carbons (Fsp3) is 0.286. The first-order valence-electron chi connectivity index (χ1n) is 5.76. The van der Waals surface area contributed by atoms with Crippen LogP contribution in [0.2, 0.25) is 5.02 Å². The third-order valence-electron chi connectivity index (χ3n) is 2.85. The van der Waals surface area contributed by atoms with Gasteiger partial charge in [-0.2, -0.15) is 0 Å². The van der Waals surface area contributed by atoms with Gasteiger partial charge in [-0.3, -0.25) is 0 Å². The average molecular weight is 268 g/mol. The Morgan fingerprint density at radius 2 is 2.00 bits per heavy atom. The SMILES string of the molecule is Cc1cc(C(C)Nc2ccc(Cl)cc2F)c(C)o1. The molecule has 2 nitrogen and oxygen atoms in total. The first-order valence-corrected chi connectivity index (χ1v) is 6.13. The van der Waals surface area contributed by atoms with Crippen LogP contribution in [0.25, 0.3) is 0 Å². The summed E-state index contributed by atoms with van der Waals surface area (Å²) in [6, 6.07) is 6.52. The highest BCUT2D eigenvalue weighted by Crippen LogP contribution is 2.27. The minimum Gasteiger partial charge on any atom is -0.466 e. The molecule has 0 aliphatic heterocycles. The Balaban J connectivity index is 2.21. The maximum atomic E-state index is 13.7. The Morgan fingerprint density at radius 1 is 1.28 bits per heavy atom. The maximum absolute atomic E-state index is 13.7. The fourth-order valence-electron chi connectivity index (χ4n) is 2.00. The molecule has 18 heavy (non-hydrogen) atoms. The summed E-state index contributed by atoms with van der Waals surface area (Å²) < 4.78 is 19.1. The van der Waals surface area contributed by atoms with E-state index in [1.54, 1.807) is 12.1 Å². The lowest BCUT2D eigenvalue weighted by Crippen LogP contribution is -2.08. The van der Waals surface area contributed by atoms with Gasteiger partial charge in [-0.05, 0) is 45.0 Å². The van der Waals surface area contributed by atoms with Crippen LogP contribution in [0.4, 0.5) is 10.1 Å². The summed E-state index contributed by atoms with van der Waals surface area (Å²) in [5, 5.41) is 3.50. The summed E-state index contributed by atoms with van der Waals surface area (Å²) in [4.78, 5) is 0. The largest absolute Gasteiger partial charge is 0.466 e. The Kier molecular flexibility index (Phi) is 3.62. The molecular weight excluding hydrogens is 253 g/mol. The van der Waals surface area contributed by atoms with Crippen LogP contribution >= 0.6 is 11.6 Å². The molecule has 2 rings (SSSR count). The molecular formula is C14H15ClFNO. The Morgan fingerprint density at radius 3 is 2.56 bits per heavy atom. The zero-order valence-electron chi connectivity index (χ0n) is 10.6. The molecule has 1 unspecified atom stereocenters. The van der Waals surface area contributed by atoms with E-state index in [0.29, 0.717) is 10.7 Å². The molecule has 0 fully saturated rings. The summed E-state index contributed by atoms with van der Waals surface area (Å²) in [7, 11) is 0. The molecule has 1 aromatic heterocycles. The second kappa shape index (κ2) is 5.02. The lowest BCUT2D eigenvalue weighted by molar-refractivity contribution is 0.499. The molecule has 4 heteroatoms. The van der Waals surface area contributed by atoms with E-state index < -0.39 is 0 Å². The van der Waals surface area contributed by atoms with Crippen molar-refractivity contribution in [3.8, 4) is 0 Å². The molecule has 0 saturated heterocycles. The number of furan rings is 1. The van der Waals surface area contributed by atoms with Crippen LogP contribution in [0.1, 0.15) is 30.0 Å². The number of nitrogens with one attached hydrogen (secondary N) is 1. The highest BCUT2D eigenvalue weighted by molar-refractivity contribution is 6.30. The number of aryl methyl sites for hydroxylation is 2. The highest BCUT2D eigenvalue weighted by Gasteiger charge is 2.14. The zero-order valence-corrected chi connectivity index (χ0v) is 11.3. The molecule has 0 bridgehead atoms. The fourth-order valence-corrected chi connectivity index (χ4v) is 2.16. The van der Waals surface area contributed by atoms with Crippen molar-refractivity contribution in [3.05, 3.63) is 52.2 Å². The molecule has 1 aromatic carbocycles. The molecule has 1 atom stereocenters. The summed E-state index contributed by atoms with van der Waals surface area (Å²) in [5.74, 6) is 1.35. The van der Waals surface area contributed by atoms with Gasteiger partial charge < -0.3 is 9.73 Å². The van der Waals surface area contributed by atoms with E-state index in [9.17, 15) is 4.39 Å². The average Bonchev–Trinajstić information content (AvgIpc) is 2.62. The van der Waals surface area contributed by atoms with Gasteiger partial charge in [0.25, 0.3) is 0 Å². The van der Waals surface area contributed by atoms with Crippen molar-refractivity contribution in [2.45, 2.75) is 26.8 Å². The van der Waals surface area contributed by atoms with Crippen LogP contribution in [-0.4, -0.2) is 0 Å². The van der Waals surface area contributed by atoms with Crippen LogP contribution in [0.5, 0.6) is 0 Å². The molecule has 1 heterocycles. The van der Waals surface area contributed by atoms with Crippen molar-refractivity contribution in [2.24, 2.45) is 0 Å². The Hall–Kier alpha value is -1.48. The number of halogens is 2. The van der Waals surface area contributed by atoms with Crippen LogP contribution in [0.15, 0.2) is 28.7 Å². The summed E-state index contributed by atoms with van der Waals surface area (Å²) in [6.45, 7) is 5.76. The molecule has 1 N–H and O–H groups in total. The second-order valence-corrected chi connectivity index (χ2v) is 4.80. The van der Waals surface area contributed by atoms with Crippen molar-refractivity contribution < 1.29 is 8.81 Å². The topological polar surface area (TPSA) is 25.2 Å². The molecule has 0 aliphatic carbocycles. The zero-order chi connectivity index (χ0) is 13.3. The van der Waals surface area contributed by atoms with Crippen molar-refractivity contribution in [1.82, 2.24) is 0 Å². The summed E-state index contributed by atoms with van der Waals surface area (Å²) >= 11 is 5.72. The second-order valence-electron chi connectivity index (χ2n) is 4.36. The normalized spacial score (nSPS) is 12.5. The van der Waals surface area contributed by atoms with Gasteiger partial charge in [-0.15, -0.1) is 0 Å². The lowest BCUT2D eigenvalue weighted by atomic mass is 10.1. The van der Waals surface area contributed by atoms with Gasteiger partial charge in [0.05, 0.1) is 11.7 Å². The number of hydrogen-bond donors (Lipinski definition) is 1. The van der Waals surface area contributed by atoms with Crippen molar-refractivity contribution in [1.29, 1.82) is 0 Å². The van der Waals surface area contributed by atoms with E-state index in [1.165, 1.54) is 6.07 Å². The smallest absolute Gasteiger partial charge is 0.147 e. The van der Waals surface area contributed by atoms with Crippen LogP contribution in [-0.2, 0) is 0 Å². The predicted molar refractivity (Wildman–Crippen MR) is 71.6 cm³/mol. The van der Waals surface area contributed by atoms with E-state index in [2.05, 4.69) is 5.32 Å². The Labute approximate surface area is 111 Å². The van der Waals surface area contributed by atoms with Gasteiger partial charge in [0.15, 0.2) is 0 Å². The van der Waals surface area contributed by atoms with Crippen LogP contribution in [0, 0.1) is 19.7 Å². The summed E-state index contributed by atoms with van der Waals surface area (Å²) in [5.41, 5.74) is 1.46. The van der Waals surface area contributed by atoms with Gasteiger partial charge in [-0.25, -0.2) is 4.39 Å². The number of benzene rings is 1. The van der Waals surface area contributed by atoms with E-state index in [-0.39, 0.29) is 11.9 Å². The third kappa shape index (κ3) is 2.67. The van der Waals surface area contributed by atoms with Gasteiger partial charge in [0.1, 0.15) is 17.3 Å². The third-order valence-corrected chi connectivity index (χ3v) is 3.08. The number of anilines is 1. The number of rotatable bonds is 3. The first-order chi connectivity index (χ1) is 8.47. The first kappa shape index (κ1) is 13.0. The quantitative estimate of drug-likeness (QED) is 0.859. The van der Waals surface area contributed by atoms with Gasteiger partial charge in [0.2, 0.25) is 0 Å². The predicted octanol–water partition coefficient (Wildman–Crippen LogP) is 4.86. The molecule has 0 radical (unpaired) electrons. The maximum Gasteiger partial charge on any atom is 0.147 e. The van der Waals surface area contributed by atoms with Gasteiger partial charge >= 0.3 is 0 Å². The monoisotopic (exact) mass is 267 g/mol. The highest BCUT2D eigenvalue weighted by atomic mass is 35.5. The van der Waals surface area contributed by atoms with Gasteiger partial charge in [0, 0.05) is 10.6 Å². The van der Waals surface area contributed by atoms with Crippen LogP contribution in [0.3, 0.4) is 0 Å². The van der Waals surface area contributed by atoms with E-state index in [1.807, 2.05) is 26.8 Å². The van der Waals surface area contributed by atoms with Crippen molar-refractivity contribution in [3.63, 3.8) is 0 Å². The molecule has 0 saturated carbocycles. The summed E-state index contributed by atoms with van der Waals surface area (Å²) in [6.07, 6.45) is 0. The molecule has 96 valence electrons. The lowest BCUT2D eigenvalue weighted by Gasteiger charge is -2.15. The molecule has 0 amide bonds.